The maximum Gasteiger partial charge on any atom is 0.259 e. The first-order valence-corrected chi connectivity index (χ1v) is 7.96. The summed E-state index contributed by atoms with van der Waals surface area (Å²) < 4.78 is 19.3. The van der Waals surface area contributed by atoms with Crippen LogP contribution in [-0.2, 0) is 0 Å². The minimum absolute atomic E-state index is 0. The molecule has 1 aliphatic heterocycles. The molecule has 9 heteroatoms. The van der Waals surface area contributed by atoms with Crippen LogP contribution in [0.15, 0.2) is 41.0 Å². The van der Waals surface area contributed by atoms with Gasteiger partial charge in [-0.2, -0.15) is 0 Å². The Kier molecular flexibility index (Phi) is 8.08. The number of hydrogen-bond donors (Lipinski definition) is 1. The van der Waals surface area contributed by atoms with Crippen LogP contribution < -0.4 is 10.5 Å². The first kappa shape index (κ1) is 21.6. The molecule has 5 nitrogen and oxygen atoms in total. The molecule has 2 aromatic rings. The fourth-order valence-corrected chi connectivity index (χ4v) is 2.87. The SMILES string of the molecule is Cl.Cl.N[C@H]1CCN(C(=O)c2cccnc2Oc2ccc(F)cc2Br)C1. The molecular formula is C16H17BrCl2FN3O2. The second kappa shape index (κ2) is 9.33. The second-order valence-corrected chi connectivity index (χ2v) is 6.19. The Bertz CT molecular complexity index is 751. The fraction of sp³-hybridized carbons (Fsp3) is 0.250. The van der Waals surface area contributed by atoms with Gasteiger partial charge in [0.15, 0.2) is 0 Å². The van der Waals surface area contributed by atoms with Gasteiger partial charge >= 0.3 is 0 Å². The summed E-state index contributed by atoms with van der Waals surface area (Å²) in [5, 5.41) is 0. The lowest BCUT2D eigenvalue weighted by molar-refractivity contribution is 0.0787. The number of ether oxygens (including phenoxy) is 1. The van der Waals surface area contributed by atoms with Crippen LogP contribution in [0.2, 0.25) is 0 Å². The first-order valence-electron chi connectivity index (χ1n) is 7.17. The minimum Gasteiger partial charge on any atom is -0.437 e. The van der Waals surface area contributed by atoms with E-state index in [1.807, 2.05) is 0 Å². The lowest BCUT2D eigenvalue weighted by Gasteiger charge is -2.17. The number of halogens is 4. The lowest BCUT2D eigenvalue weighted by Crippen LogP contribution is -2.32. The highest BCUT2D eigenvalue weighted by molar-refractivity contribution is 9.10. The van der Waals surface area contributed by atoms with Crippen molar-refractivity contribution in [1.82, 2.24) is 9.88 Å². The molecule has 3 rings (SSSR count). The Morgan fingerprint density at radius 2 is 2.12 bits per heavy atom. The van der Waals surface area contributed by atoms with E-state index in [4.69, 9.17) is 10.5 Å². The van der Waals surface area contributed by atoms with Gasteiger partial charge in [-0.05, 0) is 52.7 Å². The van der Waals surface area contributed by atoms with E-state index < -0.39 is 0 Å². The first-order chi connectivity index (χ1) is 11.0. The van der Waals surface area contributed by atoms with Gasteiger partial charge in [-0.15, -0.1) is 24.8 Å². The van der Waals surface area contributed by atoms with Gasteiger partial charge in [0.05, 0.1) is 4.47 Å². The highest BCUT2D eigenvalue weighted by atomic mass is 79.9. The van der Waals surface area contributed by atoms with Crippen molar-refractivity contribution in [2.75, 3.05) is 13.1 Å². The third-order valence-corrected chi connectivity index (χ3v) is 4.23. The molecule has 1 saturated heterocycles. The van der Waals surface area contributed by atoms with Gasteiger partial charge < -0.3 is 15.4 Å². The highest BCUT2D eigenvalue weighted by Gasteiger charge is 2.27. The number of carbonyl (C=O) groups is 1. The van der Waals surface area contributed by atoms with Crippen LogP contribution in [0.1, 0.15) is 16.8 Å². The predicted octanol–water partition coefficient (Wildman–Crippen LogP) is 3.79. The van der Waals surface area contributed by atoms with Crippen molar-refractivity contribution in [3.63, 3.8) is 0 Å². The van der Waals surface area contributed by atoms with E-state index in [0.717, 1.165) is 6.42 Å². The largest absolute Gasteiger partial charge is 0.437 e. The van der Waals surface area contributed by atoms with Crippen LogP contribution in [0.4, 0.5) is 4.39 Å². The number of amides is 1. The average Bonchev–Trinajstić information content (AvgIpc) is 2.96. The number of nitrogens with two attached hydrogens (primary N) is 1. The van der Waals surface area contributed by atoms with Crippen molar-refractivity contribution in [3.05, 3.63) is 52.4 Å². The third kappa shape index (κ3) is 5.04. The molecule has 2 heterocycles. The van der Waals surface area contributed by atoms with Crippen LogP contribution in [0.5, 0.6) is 11.6 Å². The molecule has 1 aliphatic rings. The van der Waals surface area contributed by atoms with Gasteiger partial charge in [0.1, 0.15) is 17.1 Å². The van der Waals surface area contributed by atoms with Crippen molar-refractivity contribution in [3.8, 4) is 11.6 Å². The molecule has 1 aromatic carbocycles. The Hall–Kier alpha value is -1.41. The molecule has 0 unspecified atom stereocenters. The fourth-order valence-electron chi connectivity index (χ4n) is 2.44. The van der Waals surface area contributed by atoms with Crippen molar-refractivity contribution >= 4 is 46.7 Å². The molecule has 25 heavy (non-hydrogen) atoms. The van der Waals surface area contributed by atoms with E-state index in [2.05, 4.69) is 20.9 Å². The third-order valence-electron chi connectivity index (χ3n) is 3.61. The quantitative estimate of drug-likeness (QED) is 0.769. The van der Waals surface area contributed by atoms with E-state index in [-0.39, 0.29) is 48.5 Å². The maximum absolute atomic E-state index is 13.2. The number of nitrogens with zero attached hydrogens (tertiary/aromatic N) is 2. The summed E-state index contributed by atoms with van der Waals surface area (Å²) >= 11 is 3.24. The predicted molar refractivity (Wildman–Crippen MR) is 101 cm³/mol. The molecular weight excluding hydrogens is 436 g/mol. The average molecular weight is 453 g/mol. The van der Waals surface area contributed by atoms with Crippen LogP contribution in [0.25, 0.3) is 0 Å². The zero-order valence-corrected chi connectivity index (χ0v) is 16.2. The van der Waals surface area contributed by atoms with Gasteiger partial charge in [-0.25, -0.2) is 9.37 Å². The van der Waals surface area contributed by atoms with Crippen LogP contribution in [-0.4, -0.2) is 34.9 Å². The van der Waals surface area contributed by atoms with E-state index in [1.165, 1.54) is 18.2 Å². The van der Waals surface area contributed by atoms with Gasteiger partial charge in [-0.3, -0.25) is 4.79 Å². The smallest absolute Gasteiger partial charge is 0.259 e. The topological polar surface area (TPSA) is 68.5 Å². The standard InChI is InChI=1S/C16H15BrFN3O2.2ClH/c17-13-8-10(18)3-4-14(13)23-15-12(2-1-6-20-15)16(22)21-7-5-11(19)9-21;;/h1-4,6,8,11H,5,7,9,19H2;2*1H/t11-;;/m0../s1. The Labute approximate surface area is 165 Å². The molecule has 0 saturated carbocycles. The van der Waals surface area contributed by atoms with E-state index >= 15 is 0 Å². The van der Waals surface area contributed by atoms with Gasteiger partial charge in [0.25, 0.3) is 5.91 Å². The summed E-state index contributed by atoms with van der Waals surface area (Å²) in [6.07, 6.45) is 2.32. The number of pyridine rings is 1. The van der Waals surface area contributed by atoms with Crippen molar-refractivity contribution in [2.24, 2.45) is 5.73 Å². The normalized spacial score (nSPS) is 16.0. The maximum atomic E-state index is 13.2. The van der Waals surface area contributed by atoms with Crippen LogP contribution >= 0.6 is 40.7 Å². The van der Waals surface area contributed by atoms with Gasteiger partial charge in [0, 0.05) is 25.3 Å². The monoisotopic (exact) mass is 451 g/mol. The molecule has 2 N–H and O–H groups in total. The number of likely N-dealkylation sites (tertiary alicyclic amines) is 1. The van der Waals surface area contributed by atoms with E-state index in [1.54, 1.807) is 23.2 Å². The van der Waals surface area contributed by atoms with Gasteiger partial charge in [-0.1, -0.05) is 0 Å². The Morgan fingerprint density at radius 3 is 2.76 bits per heavy atom. The number of benzene rings is 1. The molecule has 0 aliphatic carbocycles. The highest BCUT2D eigenvalue weighted by Crippen LogP contribution is 2.31. The van der Waals surface area contributed by atoms with E-state index in [0.29, 0.717) is 28.9 Å². The minimum atomic E-state index is -0.382. The van der Waals surface area contributed by atoms with Gasteiger partial charge in [0.2, 0.25) is 5.88 Å². The zero-order chi connectivity index (χ0) is 16.4. The summed E-state index contributed by atoms with van der Waals surface area (Å²) in [7, 11) is 0. The van der Waals surface area contributed by atoms with Crippen molar-refractivity contribution in [1.29, 1.82) is 0 Å². The second-order valence-electron chi connectivity index (χ2n) is 5.33. The van der Waals surface area contributed by atoms with Crippen molar-refractivity contribution < 1.29 is 13.9 Å². The molecule has 0 radical (unpaired) electrons. The van der Waals surface area contributed by atoms with E-state index in [9.17, 15) is 9.18 Å². The molecule has 136 valence electrons. The molecule has 0 bridgehead atoms. The Morgan fingerprint density at radius 1 is 1.36 bits per heavy atom. The van der Waals surface area contributed by atoms with Crippen molar-refractivity contribution in [2.45, 2.75) is 12.5 Å². The summed E-state index contributed by atoms with van der Waals surface area (Å²) in [6, 6.07) is 7.39. The molecule has 0 spiro atoms. The Balaban J connectivity index is 0.00000156. The molecule has 1 amide bonds. The molecule has 1 atom stereocenters. The summed E-state index contributed by atoms with van der Waals surface area (Å²) in [5.74, 6) is 0.0226. The van der Waals surface area contributed by atoms with Crippen LogP contribution in [0, 0.1) is 5.82 Å². The number of hydrogen-bond acceptors (Lipinski definition) is 4. The molecule has 1 aromatic heterocycles. The zero-order valence-electron chi connectivity index (χ0n) is 13.0. The number of aromatic nitrogens is 1. The number of rotatable bonds is 3. The summed E-state index contributed by atoms with van der Waals surface area (Å²) in [4.78, 5) is 18.4. The summed E-state index contributed by atoms with van der Waals surface area (Å²) in [5.41, 5.74) is 6.21. The summed E-state index contributed by atoms with van der Waals surface area (Å²) in [6.45, 7) is 1.14. The number of carbonyl (C=O) groups excluding carboxylic acids is 1. The van der Waals surface area contributed by atoms with Crippen LogP contribution in [0.3, 0.4) is 0 Å². The lowest BCUT2D eigenvalue weighted by atomic mass is 10.2. The molecule has 1 fully saturated rings.